The van der Waals surface area contributed by atoms with Crippen molar-refractivity contribution < 1.29 is 9.18 Å². The van der Waals surface area contributed by atoms with E-state index in [-0.39, 0.29) is 5.56 Å². The Morgan fingerprint density at radius 2 is 2.05 bits per heavy atom. The van der Waals surface area contributed by atoms with Crippen molar-refractivity contribution >= 4 is 29.1 Å². The number of carbonyl (C=O) groups excluding carboxylic acids is 1. The first kappa shape index (κ1) is 14.8. The summed E-state index contributed by atoms with van der Waals surface area (Å²) in [7, 11) is 1.59. The molecule has 0 N–H and O–H groups in total. The molecule has 0 aliphatic heterocycles. The van der Waals surface area contributed by atoms with Crippen molar-refractivity contribution in [1.82, 2.24) is 9.88 Å². The van der Waals surface area contributed by atoms with Crippen LogP contribution in [0.4, 0.5) is 4.39 Å². The summed E-state index contributed by atoms with van der Waals surface area (Å²) < 4.78 is 13.5. The highest BCUT2D eigenvalue weighted by molar-refractivity contribution is 6.42. The zero-order valence-electron chi connectivity index (χ0n) is 10.6. The average molecular weight is 313 g/mol. The number of hydrogen-bond acceptors (Lipinski definition) is 2. The number of rotatable bonds is 3. The molecule has 0 saturated heterocycles. The molecule has 1 amide bonds. The Morgan fingerprint density at radius 3 is 2.70 bits per heavy atom. The van der Waals surface area contributed by atoms with E-state index < -0.39 is 11.7 Å². The van der Waals surface area contributed by atoms with Gasteiger partial charge < -0.3 is 4.90 Å². The molecule has 2 aromatic rings. The maximum absolute atomic E-state index is 13.5. The Bertz CT molecular complexity index is 649. The van der Waals surface area contributed by atoms with Gasteiger partial charge in [-0.1, -0.05) is 29.3 Å². The lowest BCUT2D eigenvalue weighted by Gasteiger charge is -2.17. The van der Waals surface area contributed by atoms with Crippen molar-refractivity contribution in [3.05, 3.63) is 63.6 Å². The first-order valence-corrected chi connectivity index (χ1v) is 6.53. The largest absolute Gasteiger partial charge is 0.337 e. The molecule has 1 aromatic heterocycles. The van der Waals surface area contributed by atoms with Crippen LogP contribution in [0, 0.1) is 5.82 Å². The molecule has 0 aliphatic rings. The van der Waals surface area contributed by atoms with Crippen molar-refractivity contribution in [2.75, 3.05) is 7.05 Å². The molecule has 0 bridgehead atoms. The lowest BCUT2D eigenvalue weighted by molar-refractivity contribution is 0.0780. The van der Waals surface area contributed by atoms with Crippen LogP contribution in [0.5, 0.6) is 0 Å². The van der Waals surface area contributed by atoms with Gasteiger partial charge in [0.1, 0.15) is 0 Å². The Hall–Kier alpha value is -1.65. The normalized spacial score (nSPS) is 10.4. The number of aromatic nitrogens is 1. The minimum Gasteiger partial charge on any atom is -0.337 e. The van der Waals surface area contributed by atoms with Crippen LogP contribution in [0.2, 0.25) is 10.0 Å². The summed E-state index contributed by atoms with van der Waals surface area (Å²) in [6, 6.07) is 6.45. The molecule has 0 saturated carbocycles. The van der Waals surface area contributed by atoms with Crippen molar-refractivity contribution in [2.24, 2.45) is 0 Å². The predicted molar refractivity (Wildman–Crippen MR) is 76.5 cm³/mol. The minimum atomic E-state index is -0.640. The summed E-state index contributed by atoms with van der Waals surface area (Å²) in [5, 5.41) is 0.865. The van der Waals surface area contributed by atoms with E-state index in [4.69, 9.17) is 23.2 Å². The summed E-state index contributed by atoms with van der Waals surface area (Å²) in [6.07, 6.45) is 2.39. The van der Waals surface area contributed by atoms with E-state index in [9.17, 15) is 9.18 Å². The SMILES string of the molecule is CN(Cc1ccc(Cl)c(Cl)c1)C(=O)c1ccncc1F. The third-order valence-electron chi connectivity index (χ3n) is 2.75. The van der Waals surface area contributed by atoms with Gasteiger partial charge in [-0.3, -0.25) is 9.78 Å². The van der Waals surface area contributed by atoms with E-state index in [0.29, 0.717) is 16.6 Å². The molecule has 104 valence electrons. The van der Waals surface area contributed by atoms with E-state index in [0.717, 1.165) is 11.8 Å². The first-order chi connectivity index (χ1) is 9.49. The second-order valence-electron chi connectivity index (χ2n) is 4.27. The Kier molecular flexibility index (Phi) is 4.57. The molecule has 3 nitrogen and oxygen atoms in total. The summed E-state index contributed by atoms with van der Waals surface area (Å²) in [5.41, 5.74) is 0.798. The van der Waals surface area contributed by atoms with Gasteiger partial charge in [-0.05, 0) is 23.8 Å². The second kappa shape index (κ2) is 6.20. The zero-order chi connectivity index (χ0) is 14.7. The number of hydrogen-bond donors (Lipinski definition) is 0. The molecule has 0 aliphatic carbocycles. The van der Waals surface area contributed by atoms with Crippen molar-refractivity contribution in [3.63, 3.8) is 0 Å². The van der Waals surface area contributed by atoms with Crippen molar-refractivity contribution in [3.8, 4) is 0 Å². The minimum absolute atomic E-state index is 0.0115. The number of benzene rings is 1. The van der Waals surface area contributed by atoms with Crippen LogP contribution in [0.25, 0.3) is 0 Å². The Labute approximate surface area is 125 Å². The van der Waals surface area contributed by atoms with Crippen LogP contribution in [0.1, 0.15) is 15.9 Å². The van der Waals surface area contributed by atoms with Crippen LogP contribution < -0.4 is 0 Å². The lowest BCUT2D eigenvalue weighted by atomic mass is 10.2. The molecule has 1 aromatic carbocycles. The second-order valence-corrected chi connectivity index (χ2v) is 5.08. The van der Waals surface area contributed by atoms with Crippen LogP contribution >= 0.6 is 23.2 Å². The summed E-state index contributed by atoms with van der Waals surface area (Å²) in [5.74, 6) is -1.06. The quantitative estimate of drug-likeness (QED) is 0.863. The fraction of sp³-hybridized carbons (Fsp3) is 0.143. The zero-order valence-corrected chi connectivity index (χ0v) is 12.1. The third-order valence-corrected chi connectivity index (χ3v) is 3.49. The summed E-state index contributed by atoms with van der Waals surface area (Å²) in [4.78, 5) is 17.1. The van der Waals surface area contributed by atoms with Crippen molar-refractivity contribution in [2.45, 2.75) is 6.54 Å². The highest BCUT2D eigenvalue weighted by atomic mass is 35.5. The number of amides is 1. The fourth-order valence-corrected chi connectivity index (χ4v) is 2.06. The number of nitrogens with zero attached hydrogens (tertiary/aromatic N) is 2. The smallest absolute Gasteiger partial charge is 0.256 e. The van der Waals surface area contributed by atoms with Gasteiger partial charge >= 0.3 is 0 Å². The first-order valence-electron chi connectivity index (χ1n) is 5.78. The Balaban J connectivity index is 2.15. The standard InChI is InChI=1S/C14H11Cl2FN2O/c1-19(8-9-2-3-11(15)12(16)6-9)14(20)10-4-5-18-7-13(10)17/h2-7H,8H2,1H3. The molecule has 20 heavy (non-hydrogen) atoms. The van der Waals surface area contributed by atoms with Gasteiger partial charge in [-0.15, -0.1) is 0 Å². The third kappa shape index (κ3) is 3.26. The van der Waals surface area contributed by atoms with Crippen molar-refractivity contribution in [1.29, 1.82) is 0 Å². The highest BCUT2D eigenvalue weighted by Gasteiger charge is 2.16. The molecule has 0 atom stereocenters. The predicted octanol–water partition coefficient (Wildman–Crippen LogP) is 3.80. The monoisotopic (exact) mass is 312 g/mol. The van der Waals surface area contributed by atoms with E-state index in [2.05, 4.69) is 4.98 Å². The fourth-order valence-electron chi connectivity index (χ4n) is 1.74. The highest BCUT2D eigenvalue weighted by Crippen LogP contribution is 2.23. The van der Waals surface area contributed by atoms with Crippen LogP contribution in [0.15, 0.2) is 36.7 Å². The molecular formula is C14H11Cl2FN2O. The number of pyridine rings is 1. The van der Waals surface area contributed by atoms with E-state index >= 15 is 0 Å². The molecule has 6 heteroatoms. The van der Waals surface area contributed by atoms with E-state index in [1.807, 2.05) is 0 Å². The van der Waals surface area contributed by atoms with Crippen LogP contribution in [-0.2, 0) is 6.54 Å². The van der Waals surface area contributed by atoms with E-state index in [1.165, 1.54) is 17.2 Å². The molecule has 1 heterocycles. The van der Waals surface area contributed by atoms with Gasteiger partial charge in [0.05, 0.1) is 21.8 Å². The maximum Gasteiger partial charge on any atom is 0.256 e. The molecule has 0 spiro atoms. The summed E-state index contributed by atoms with van der Waals surface area (Å²) >= 11 is 11.7. The molecule has 0 fully saturated rings. The van der Waals surface area contributed by atoms with Gasteiger partial charge in [0.15, 0.2) is 5.82 Å². The summed E-state index contributed by atoms with van der Waals surface area (Å²) in [6.45, 7) is 0.303. The molecular weight excluding hydrogens is 302 g/mol. The topological polar surface area (TPSA) is 33.2 Å². The van der Waals surface area contributed by atoms with Gasteiger partial charge in [0.2, 0.25) is 0 Å². The maximum atomic E-state index is 13.5. The molecule has 0 radical (unpaired) electrons. The van der Waals surface area contributed by atoms with E-state index in [1.54, 1.807) is 25.2 Å². The van der Waals surface area contributed by atoms with Crippen LogP contribution in [0.3, 0.4) is 0 Å². The van der Waals surface area contributed by atoms with Gasteiger partial charge in [-0.2, -0.15) is 0 Å². The van der Waals surface area contributed by atoms with Gasteiger partial charge in [0.25, 0.3) is 5.91 Å². The molecule has 2 rings (SSSR count). The average Bonchev–Trinajstić information content (AvgIpc) is 2.42. The number of carbonyl (C=O) groups is 1. The van der Waals surface area contributed by atoms with Crippen LogP contribution in [-0.4, -0.2) is 22.8 Å². The number of halogens is 3. The lowest BCUT2D eigenvalue weighted by Crippen LogP contribution is -2.27. The Morgan fingerprint density at radius 1 is 1.30 bits per heavy atom. The van der Waals surface area contributed by atoms with Gasteiger partial charge in [-0.25, -0.2) is 4.39 Å². The molecule has 0 unspecified atom stereocenters. The van der Waals surface area contributed by atoms with Gasteiger partial charge in [0, 0.05) is 19.8 Å².